The van der Waals surface area contributed by atoms with Gasteiger partial charge in [0.05, 0.1) is 19.1 Å². The molecule has 0 spiro atoms. The molecule has 30 heavy (non-hydrogen) atoms. The second kappa shape index (κ2) is 9.30. The number of carbonyl (C=O) groups is 3. The standard InChI is InChI=1S/C23H24ClNO5/c1-3-29-21(27)23(22(28)30-4-2)13-15-7-5-6-8-18(15)19(14-23)20(26)25-17-11-9-16(24)10-12-17/h5-12,19H,3-4,13-14H2,1-2H3,(H,25,26). The average Bonchev–Trinajstić information content (AvgIpc) is 2.74. The van der Waals surface area contributed by atoms with Gasteiger partial charge in [-0.3, -0.25) is 14.4 Å². The van der Waals surface area contributed by atoms with Crippen LogP contribution in [-0.2, 0) is 30.3 Å². The molecule has 0 aromatic heterocycles. The zero-order chi connectivity index (χ0) is 21.7. The zero-order valence-corrected chi connectivity index (χ0v) is 17.7. The number of hydrogen-bond donors (Lipinski definition) is 1. The average molecular weight is 430 g/mol. The second-order valence-electron chi connectivity index (χ2n) is 7.15. The lowest BCUT2D eigenvalue weighted by Crippen LogP contribution is -2.48. The third-order valence-corrected chi connectivity index (χ3v) is 5.49. The number of halogens is 1. The molecule has 2 aromatic carbocycles. The Morgan fingerprint density at radius 2 is 1.60 bits per heavy atom. The molecule has 0 saturated heterocycles. The van der Waals surface area contributed by atoms with Crippen LogP contribution in [0, 0.1) is 5.41 Å². The van der Waals surface area contributed by atoms with Gasteiger partial charge in [-0.05, 0) is 62.1 Å². The molecule has 7 heteroatoms. The predicted molar refractivity (Wildman–Crippen MR) is 113 cm³/mol. The Balaban J connectivity index is 2.00. The number of ether oxygens (including phenoxy) is 2. The van der Waals surface area contributed by atoms with Crippen molar-refractivity contribution in [2.24, 2.45) is 5.41 Å². The largest absolute Gasteiger partial charge is 0.465 e. The van der Waals surface area contributed by atoms with E-state index in [0.717, 1.165) is 11.1 Å². The predicted octanol–water partition coefficient (Wildman–Crippen LogP) is 4.12. The number of carbonyl (C=O) groups excluding carboxylic acids is 3. The maximum absolute atomic E-state index is 13.2. The van der Waals surface area contributed by atoms with Crippen molar-refractivity contribution in [1.82, 2.24) is 0 Å². The van der Waals surface area contributed by atoms with Crippen molar-refractivity contribution in [3.8, 4) is 0 Å². The Hall–Kier alpha value is -2.86. The summed E-state index contributed by atoms with van der Waals surface area (Å²) in [5.41, 5.74) is 0.544. The third kappa shape index (κ3) is 4.33. The summed E-state index contributed by atoms with van der Waals surface area (Å²) in [6.07, 6.45) is 0.104. The fourth-order valence-electron chi connectivity index (χ4n) is 3.82. The van der Waals surface area contributed by atoms with E-state index < -0.39 is 23.3 Å². The summed E-state index contributed by atoms with van der Waals surface area (Å²) in [4.78, 5) is 39.1. The highest BCUT2D eigenvalue weighted by molar-refractivity contribution is 6.30. The first kappa shape index (κ1) is 21.8. The molecule has 0 radical (unpaired) electrons. The summed E-state index contributed by atoms with van der Waals surface area (Å²) in [5.74, 6) is -2.37. The molecule has 0 saturated carbocycles. The maximum Gasteiger partial charge on any atom is 0.323 e. The first-order valence-corrected chi connectivity index (χ1v) is 10.3. The summed E-state index contributed by atoms with van der Waals surface area (Å²) in [6.45, 7) is 3.61. The molecule has 6 nitrogen and oxygen atoms in total. The minimum absolute atomic E-state index is 0.0267. The number of amides is 1. The monoisotopic (exact) mass is 429 g/mol. The minimum Gasteiger partial charge on any atom is -0.465 e. The Kier molecular flexibility index (Phi) is 6.77. The van der Waals surface area contributed by atoms with Crippen molar-refractivity contribution in [3.63, 3.8) is 0 Å². The first-order chi connectivity index (χ1) is 14.4. The van der Waals surface area contributed by atoms with Crippen molar-refractivity contribution in [1.29, 1.82) is 0 Å². The second-order valence-corrected chi connectivity index (χ2v) is 7.59. The molecule has 158 valence electrons. The van der Waals surface area contributed by atoms with Crippen molar-refractivity contribution >= 4 is 35.1 Å². The van der Waals surface area contributed by atoms with Gasteiger partial charge in [0.2, 0.25) is 5.91 Å². The van der Waals surface area contributed by atoms with E-state index in [9.17, 15) is 14.4 Å². The topological polar surface area (TPSA) is 81.7 Å². The van der Waals surface area contributed by atoms with Gasteiger partial charge in [0, 0.05) is 10.7 Å². The van der Waals surface area contributed by atoms with Gasteiger partial charge in [0.25, 0.3) is 0 Å². The maximum atomic E-state index is 13.2. The van der Waals surface area contributed by atoms with Crippen LogP contribution in [0.2, 0.25) is 5.02 Å². The Labute approximate surface area is 180 Å². The highest BCUT2D eigenvalue weighted by atomic mass is 35.5. The van der Waals surface area contributed by atoms with Crippen LogP contribution in [0.3, 0.4) is 0 Å². The van der Waals surface area contributed by atoms with Gasteiger partial charge in [0.1, 0.15) is 0 Å². The first-order valence-electron chi connectivity index (χ1n) is 9.90. The van der Waals surface area contributed by atoms with Crippen LogP contribution in [0.1, 0.15) is 37.3 Å². The molecular formula is C23H24ClNO5. The van der Waals surface area contributed by atoms with Crippen LogP contribution in [0.4, 0.5) is 5.69 Å². The molecule has 0 heterocycles. The summed E-state index contributed by atoms with van der Waals surface area (Å²) in [5, 5.41) is 3.41. The summed E-state index contributed by atoms with van der Waals surface area (Å²) in [6, 6.07) is 14.1. The number of hydrogen-bond acceptors (Lipinski definition) is 5. The van der Waals surface area contributed by atoms with Crippen LogP contribution in [0.5, 0.6) is 0 Å². The van der Waals surface area contributed by atoms with Crippen LogP contribution >= 0.6 is 11.6 Å². The molecule has 1 aliphatic rings. The van der Waals surface area contributed by atoms with Crippen LogP contribution in [-0.4, -0.2) is 31.1 Å². The molecule has 1 atom stereocenters. The lowest BCUT2D eigenvalue weighted by molar-refractivity contribution is -0.173. The molecule has 0 bridgehead atoms. The lowest BCUT2D eigenvalue weighted by Gasteiger charge is -2.37. The van der Waals surface area contributed by atoms with E-state index in [-0.39, 0.29) is 32.0 Å². The molecule has 1 unspecified atom stereocenters. The van der Waals surface area contributed by atoms with E-state index in [1.165, 1.54) is 0 Å². The van der Waals surface area contributed by atoms with Gasteiger partial charge in [-0.15, -0.1) is 0 Å². The van der Waals surface area contributed by atoms with Crippen molar-refractivity contribution in [2.45, 2.75) is 32.6 Å². The van der Waals surface area contributed by atoms with E-state index in [0.29, 0.717) is 10.7 Å². The summed E-state index contributed by atoms with van der Waals surface area (Å²) < 4.78 is 10.5. The highest BCUT2D eigenvalue weighted by Gasteiger charge is 2.54. The molecular weight excluding hydrogens is 406 g/mol. The van der Waals surface area contributed by atoms with Crippen LogP contribution < -0.4 is 5.32 Å². The Bertz CT molecular complexity index is 923. The normalized spacial score (nSPS) is 16.8. The summed E-state index contributed by atoms with van der Waals surface area (Å²) >= 11 is 5.91. The molecule has 3 rings (SSSR count). The van der Waals surface area contributed by atoms with E-state index in [2.05, 4.69) is 5.32 Å². The van der Waals surface area contributed by atoms with Gasteiger partial charge in [-0.1, -0.05) is 35.9 Å². The number of esters is 2. The van der Waals surface area contributed by atoms with Crippen molar-refractivity contribution < 1.29 is 23.9 Å². The Morgan fingerprint density at radius 3 is 2.20 bits per heavy atom. The van der Waals surface area contributed by atoms with Crippen molar-refractivity contribution in [2.75, 3.05) is 18.5 Å². The van der Waals surface area contributed by atoms with E-state index >= 15 is 0 Å². The fraction of sp³-hybridized carbons (Fsp3) is 0.348. The number of nitrogens with one attached hydrogen (secondary N) is 1. The van der Waals surface area contributed by atoms with Crippen LogP contribution in [0.15, 0.2) is 48.5 Å². The van der Waals surface area contributed by atoms with E-state index in [1.54, 1.807) is 38.1 Å². The number of benzene rings is 2. The van der Waals surface area contributed by atoms with Crippen LogP contribution in [0.25, 0.3) is 0 Å². The van der Waals surface area contributed by atoms with Gasteiger partial charge in [0.15, 0.2) is 5.41 Å². The molecule has 1 amide bonds. The van der Waals surface area contributed by atoms with Crippen molar-refractivity contribution in [3.05, 3.63) is 64.7 Å². The highest BCUT2D eigenvalue weighted by Crippen LogP contribution is 2.45. The quantitative estimate of drug-likeness (QED) is 0.551. The van der Waals surface area contributed by atoms with E-state index in [4.69, 9.17) is 21.1 Å². The summed E-state index contributed by atoms with van der Waals surface area (Å²) in [7, 11) is 0. The molecule has 0 aliphatic heterocycles. The number of anilines is 1. The smallest absolute Gasteiger partial charge is 0.323 e. The zero-order valence-electron chi connectivity index (χ0n) is 16.9. The minimum atomic E-state index is -1.57. The van der Waals surface area contributed by atoms with Gasteiger partial charge >= 0.3 is 11.9 Å². The number of fused-ring (bicyclic) bond motifs is 1. The molecule has 0 fully saturated rings. The third-order valence-electron chi connectivity index (χ3n) is 5.24. The Morgan fingerprint density at radius 1 is 1.00 bits per heavy atom. The molecule has 1 aliphatic carbocycles. The van der Waals surface area contributed by atoms with Gasteiger partial charge in [-0.25, -0.2) is 0 Å². The fourth-order valence-corrected chi connectivity index (χ4v) is 3.95. The molecule has 1 N–H and O–H groups in total. The van der Waals surface area contributed by atoms with E-state index in [1.807, 2.05) is 24.3 Å². The molecule has 2 aromatic rings. The SMILES string of the molecule is CCOC(=O)C1(C(=O)OCC)Cc2ccccc2C(C(=O)Nc2ccc(Cl)cc2)C1. The van der Waals surface area contributed by atoms with Gasteiger partial charge < -0.3 is 14.8 Å². The van der Waals surface area contributed by atoms with Gasteiger partial charge in [-0.2, -0.15) is 0 Å². The lowest BCUT2D eigenvalue weighted by atomic mass is 9.66. The number of rotatable bonds is 6.